The molecule has 0 spiro atoms. The molecule has 0 saturated carbocycles. The highest BCUT2D eigenvalue weighted by atomic mass is 79.9. The number of hydrogen-bond acceptors (Lipinski definition) is 3. The molecular formula is C18H15BrF3NO2. The highest BCUT2D eigenvalue weighted by molar-refractivity contribution is 9.18. The molecule has 1 aliphatic heterocycles. The normalized spacial score (nSPS) is 20.2. The first kappa shape index (κ1) is 17.8. The van der Waals surface area contributed by atoms with Gasteiger partial charge in [0.05, 0.1) is 5.56 Å². The number of benzene rings is 2. The quantitative estimate of drug-likeness (QED) is 0.603. The third kappa shape index (κ3) is 3.81. The summed E-state index contributed by atoms with van der Waals surface area (Å²) < 4.78 is 45.0. The molecule has 1 atom stereocenters. The largest absolute Gasteiger partial charge is 0.457 e. The molecule has 3 nitrogen and oxygen atoms in total. The molecular weight excluding hydrogens is 399 g/mol. The van der Waals surface area contributed by atoms with Gasteiger partial charge >= 0.3 is 6.18 Å². The molecule has 25 heavy (non-hydrogen) atoms. The topological polar surface area (TPSA) is 30.8 Å². The second kappa shape index (κ2) is 6.37. The van der Waals surface area contributed by atoms with Crippen molar-refractivity contribution in [1.82, 2.24) is 0 Å². The number of rotatable bonds is 3. The number of nitrogens with zero attached hydrogens (tertiary/aromatic N) is 1. The Morgan fingerprint density at radius 1 is 1.20 bits per heavy atom. The zero-order valence-electron chi connectivity index (χ0n) is 13.5. The molecule has 3 rings (SSSR count). The van der Waals surface area contributed by atoms with Gasteiger partial charge in [0.2, 0.25) is 0 Å². The monoisotopic (exact) mass is 413 g/mol. The number of alkyl halides is 3. The fourth-order valence-corrected chi connectivity index (χ4v) is 3.16. The molecule has 0 radical (unpaired) electrons. The van der Waals surface area contributed by atoms with E-state index in [1.807, 2.05) is 26.0 Å². The van der Waals surface area contributed by atoms with Crippen molar-refractivity contribution in [2.24, 2.45) is 5.16 Å². The van der Waals surface area contributed by atoms with E-state index in [0.29, 0.717) is 16.8 Å². The van der Waals surface area contributed by atoms with Gasteiger partial charge in [0.25, 0.3) is 0 Å². The van der Waals surface area contributed by atoms with E-state index in [1.54, 1.807) is 6.07 Å². The van der Waals surface area contributed by atoms with Gasteiger partial charge in [-0.1, -0.05) is 23.4 Å². The predicted molar refractivity (Wildman–Crippen MR) is 92.1 cm³/mol. The third-order valence-electron chi connectivity index (χ3n) is 4.02. The second-order valence-corrected chi connectivity index (χ2v) is 6.99. The molecule has 0 saturated heterocycles. The SMILES string of the molecule is Cc1ccc(C2(C)CC(Br)=NO2)cc1Oc1cccc(C(F)(F)F)c1. The molecule has 0 bridgehead atoms. The molecule has 0 aromatic heterocycles. The lowest BCUT2D eigenvalue weighted by atomic mass is 9.92. The summed E-state index contributed by atoms with van der Waals surface area (Å²) in [5.41, 5.74) is 0.251. The van der Waals surface area contributed by atoms with E-state index in [1.165, 1.54) is 12.1 Å². The zero-order valence-corrected chi connectivity index (χ0v) is 15.1. The van der Waals surface area contributed by atoms with Crippen LogP contribution in [-0.4, -0.2) is 4.62 Å². The fraction of sp³-hybridized carbons (Fsp3) is 0.278. The lowest BCUT2D eigenvalue weighted by molar-refractivity contribution is -0.137. The van der Waals surface area contributed by atoms with Crippen LogP contribution in [0.4, 0.5) is 13.2 Å². The van der Waals surface area contributed by atoms with Crippen LogP contribution in [0.15, 0.2) is 47.6 Å². The molecule has 7 heteroatoms. The Morgan fingerprint density at radius 2 is 1.96 bits per heavy atom. The predicted octanol–water partition coefficient (Wildman–Crippen LogP) is 6.15. The summed E-state index contributed by atoms with van der Waals surface area (Å²) in [5.74, 6) is 0.606. The average Bonchev–Trinajstić information content (AvgIpc) is 2.89. The summed E-state index contributed by atoms with van der Waals surface area (Å²) in [7, 11) is 0. The lowest BCUT2D eigenvalue weighted by Gasteiger charge is -2.23. The summed E-state index contributed by atoms with van der Waals surface area (Å²) in [5, 5.41) is 3.91. The van der Waals surface area contributed by atoms with E-state index in [9.17, 15) is 13.2 Å². The Balaban J connectivity index is 1.90. The minimum absolute atomic E-state index is 0.130. The van der Waals surface area contributed by atoms with E-state index in [4.69, 9.17) is 9.57 Å². The Labute approximate surface area is 151 Å². The fourth-order valence-electron chi connectivity index (χ4n) is 2.55. The van der Waals surface area contributed by atoms with Gasteiger partial charge < -0.3 is 9.57 Å². The van der Waals surface area contributed by atoms with Crippen LogP contribution in [0.25, 0.3) is 0 Å². The smallest absolute Gasteiger partial charge is 0.416 e. The standard InChI is InChI=1S/C18H15BrF3NO2/c1-11-6-7-12(17(2)10-16(19)23-25-17)9-15(11)24-14-5-3-4-13(8-14)18(20,21)22/h3-9H,10H2,1-2H3. The van der Waals surface area contributed by atoms with Crippen LogP contribution >= 0.6 is 15.9 Å². The Hall–Kier alpha value is -2.02. The average molecular weight is 414 g/mol. The molecule has 0 fully saturated rings. The summed E-state index contributed by atoms with van der Waals surface area (Å²) in [4.78, 5) is 5.48. The van der Waals surface area contributed by atoms with E-state index < -0.39 is 17.3 Å². The zero-order chi connectivity index (χ0) is 18.2. The Bertz CT molecular complexity index is 835. The third-order valence-corrected chi connectivity index (χ3v) is 4.44. The van der Waals surface area contributed by atoms with Crippen LogP contribution in [0.3, 0.4) is 0 Å². The highest BCUT2D eigenvalue weighted by Gasteiger charge is 2.36. The number of ether oxygens (including phenoxy) is 1. The summed E-state index contributed by atoms with van der Waals surface area (Å²) in [6.45, 7) is 3.72. The van der Waals surface area contributed by atoms with Crippen LogP contribution in [0.5, 0.6) is 11.5 Å². The molecule has 2 aromatic rings. The van der Waals surface area contributed by atoms with Gasteiger partial charge in [-0.05, 0) is 59.6 Å². The van der Waals surface area contributed by atoms with Gasteiger partial charge in [-0.2, -0.15) is 13.2 Å². The van der Waals surface area contributed by atoms with Crippen LogP contribution in [0, 0.1) is 6.92 Å². The molecule has 0 aliphatic carbocycles. The Kier molecular flexibility index (Phi) is 4.53. The maximum absolute atomic E-state index is 12.9. The van der Waals surface area contributed by atoms with E-state index in [0.717, 1.165) is 23.3 Å². The van der Waals surface area contributed by atoms with Crippen molar-refractivity contribution < 1.29 is 22.7 Å². The van der Waals surface area contributed by atoms with Crippen molar-refractivity contribution >= 4 is 20.6 Å². The van der Waals surface area contributed by atoms with Gasteiger partial charge in [0, 0.05) is 12.0 Å². The number of aryl methyl sites for hydroxylation is 1. The number of halogens is 4. The van der Waals surface area contributed by atoms with Gasteiger partial charge in [-0.25, -0.2) is 0 Å². The molecule has 132 valence electrons. The van der Waals surface area contributed by atoms with E-state index in [-0.39, 0.29) is 5.75 Å². The van der Waals surface area contributed by atoms with Gasteiger partial charge in [0.1, 0.15) is 16.1 Å². The molecule has 1 unspecified atom stereocenters. The molecule has 1 heterocycles. The molecule has 0 N–H and O–H groups in total. The second-order valence-electron chi connectivity index (χ2n) is 6.07. The van der Waals surface area contributed by atoms with Crippen LogP contribution in [0.1, 0.15) is 30.0 Å². The maximum Gasteiger partial charge on any atom is 0.416 e. The van der Waals surface area contributed by atoms with Crippen LogP contribution in [-0.2, 0) is 16.6 Å². The van der Waals surface area contributed by atoms with E-state index in [2.05, 4.69) is 21.1 Å². The molecule has 1 aliphatic rings. The first-order valence-corrected chi connectivity index (χ1v) is 8.33. The van der Waals surface area contributed by atoms with Gasteiger partial charge in [-0.15, -0.1) is 0 Å². The number of oxime groups is 1. The summed E-state index contributed by atoms with van der Waals surface area (Å²) in [6.07, 6.45) is -3.84. The van der Waals surface area contributed by atoms with Gasteiger partial charge in [-0.3, -0.25) is 0 Å². The first-order valence-electron chi connectivity index (χ1n) is 7.54. The summed E-state index contributed by atoms with van der Waals surface area (Å²) >= 11 is 3.31. The van der Waals surface area contributed by atoms with E-state index >= 15 is 0 Å². The summed E-state index contributed by atoms with van der Waals surface area (Å²) in [6, 6.07) is 10.3. The highest BCUT2D eigenvalue weighted by Crippen LogP contribution is 2.39. The van der Waals surface area contributed by atoms with Crippen molar-refractivity contribution in [3.05, 3.63) is 59.2 Å². The van der Waals surface area contributed by atoms with Crippen molar-refractivity contribution in [3.8, 4) is 11.5 Å². The van der Waals surface area contributed by atoms with Crippen LogP contribution in [0.2, 0.25) is 0 Å². The number of hydrogen-bond donors (Lipinski definition) is 0. The molecule has 2 aromatic carbocycles. The molecule has 0 amide bonds. The van der Waals surface area contributed by atoms with Crippen molar-refractivity contribution in [2.45, 2.75) is 32.0 Å². The van der Waals surface area contributed by atoms with Crippen molar-refractivity contribution in [3.63, 3.8) is 0 Å². The van der Waals surface area contributed by atoms with Crippen molar-refractivity contribution in [2.75, 3.05) is 0 Å². The first-order chi connectivity index (χ1) is 11.7. The minimum atomic E-state index is -4.41. The minimum Gasteiger partial charge on any atom is -0.457 e. The van der Waals surface area contributed by atoms with Gasteiger partial charge in [0.15, 0.2) is 5.60 Å². The van der Waals surface area contributed by atoms with Crippen LogP contribution < -0.4 is 4.74 Å². The van der Waals surface area contributed by atoms with Crippen molar-refractivity contribution in [1.29, 1.82) is 0 Å². The Morgan fingerprint density at radius 3 is 2.60 bits per heavy atom. The lowest BCUT2D eigenvalue weighted by Crippen LogP contribution is -2.21. The maximum atomic E-state index is 12.9.